The van der Waals surface area contributed by atoms with Crippen molar-refractivity contribution in [2.24, 2.45) is 5.92 Å². The Morgan fingerprint density at radius 2 is 1.73 bits per heavy atom. The summed E-state index contributed by atoms with van der Waals surface area (Å²) >= 11 is 5.92. The van der Waals surface area contributed by atoms with Gasteiger partial charge in [-0.15, -0.1) is 0 Å². The number of fused-ring (bicyclic) bond motifs is 1. The highest BCUT2D eigenvalue weighted by atomic mass is 35.5. The van der Waals surface area contributed by atoms with Crippen molar-refractivity contribution in [3.8, 4) is 0 Å². The zero-order valence-corrected chi connectivity index (χ0v) is 15.7. The molecule has 0 N–H and O–H groups in total. The average Bonchev–Trinajstić information content (AvgIpc) is 2.99. The second kappa shape index (κ2) is 7.81. The molecule has 0 saturated carbocycles. The van der Waals surface area contributed by atoms with Crippen LogP contribution in [0.15, 0.2) is 54.6 Å². The Hall–Kier alpha value is -1.84. The summed E-state index contributed by atoms with van der Waals surface area (Å²) in [4.78, 5) is 17.2. The van der Waals surface area contributed by atoms with Gasteiger partial charge in [0.25, 0.3) is 0 Å². The third kappa shape index (κ3) is 3.94. The molecule has 2 heterocycles. The standard InChI is InChI=1S/C22H25ClN2O/c23-20-10-8-18(9-11-20)13-22(26)25-15-19-14-24(21(19)16-25)12-4-7-17-5-2-1-3-6-17/h1-3,5-6,8-11,19,21H,4,7,12-16H2. The van der Waals surface area contributed by atoms with Crippen molar-refractivity contribution in [1.82, 2.24) is 9.80 Å². The molecule has 0 bridgehead atoms. The van der Waals surface area contributed by atoms with Crippen molar-refractivity contribution in [2.75, 3.05) is 26.2 Å². The number of carbonyl (C=O) groups excluding carboxylic acids is 1. The van der Waals surface area contributed by atoms with Gasteiger partial charge in [-0.05, 0) is 42.6 Å². The first-order valence-electron chi connectivity index (χ1n) is 9.49. The summed E-state index contributed by atoms with van der Waals surface area (Å²) in [6.07, 6.45) is 2.80. The summed E-state index contributed by atoms with van der Waals surface area (Å²) in [5, 5.41) is 0.714. The zero-order chi connectivity index (χ0) is 17.9. The van der Waals surface area contributed by atoms with Gasteiger partial charge in [-0.2, -0.15) is 0 Å². The van der Waals surface area contributed by atoms with E-state index < -0.39 is 0 Å². The summed E-state index contributed by atoms with van der Waals surface area (Å²) in [5.74, 6) is 0.909. The largest absolute Gasteiger partial charge is 0.340 e. The second-order valence-electron chi connectivity index (χ2n) is 7.51. The van der Waals surface area contributed by atoms with Crippen LogP contribution in [0.4, 0.5) is 0 Å². The van der Waals surface area contributed by atoms with E-state index in [2.05, 4.69) is 40.1 Å². The molecular formula is C22H25ClN2O. The number of nitrogens with zero attached hydrogens (tertiary/aromatic N) is 2. The molecule has 0 spiro atoms. The molecule has 0 aromatic heterocycles. The van der Waals surface area contributed by atoms with Crippen LogP contribution < -0.4 is 0 Å². The van der Waals surface area contributed by atoms with Crippen LogP contribution in [0.25, 0.3) is 0 Å². The first-order chi connectivity index (χ1) is 12.7. The summed E-state index contributed by atoms with van der Waals surface area (Å²) in [7, 11) is 0. The fourth-order valence-electron chi connectivity index (χ4n) is 4.23. The lowest BCUT2D eigenvalue weighted by molar-refractivity contribution is -0.129. The van der Waals surface area contributed by atoms with Gasteiger partial charge in [0.05, 0.1) is 6.42 Å². The normalized spacial score (nSPS) is 22.1. The summed E-state index contributed by atoms with van der Waals surface area (Å²) in [5.41, 5.74) is 2.45. The maximum atomic E-state index is 12.6. The van der Waals surface area contributed by atoms with Crippen molar-refractivity contribution >= 4 is 17.5 Å². The fourth-order valence-corrected chi connectivity index (χ4v) is 4.35. The number of hydrogen-bond donors (Lipinski definition) is 0. The van der Waals surface area contributed by atoms with E-state index in [9.17, 15) is 4.79 Å². The monoisotopic (exact) mass is 368 g/mol. The maximum absolute atomic E-state index is 12.6. The molecule has 1 amide bonds. The number of halogens is 1. The molecule has 0 aliphatic carbocycles. The molecule has 3 nitrogen and oxygen atoms in total. The van der Waals surface area contributed by atoms with E-state index in [1.807, 2.05) is 24.3 Å². The predicted molar refractivity (Wildman–Crippen MR) is 105 cm³/mol. The third-order valence-corrected chi connectivity index (χ3v) is 5.97. The minimum absolute atomic E-state index is 0.242. The zero-order valence-electron chi connectivity index (χ0n) is 15.0. The van der Waals surface area contributed by atoms with Crippen molar-refractivity contribution in [3.05, 3.63) is 70.7 Å². The van der Waals surface area contributed by atoms with Crippen molar-refractivity contribution < 1.29 is 4.79 Å². The maximum Gasteiger partial charge on any atom is 0.227 e. The predicted octanol–water partition coefficient (Wildman–Crippen LogP) is 3.66. The Kier molecular flexibility index (Phi) is 5.28. The number of hydrogen-bond acceptors (Lipinski definition) is 2. The SMILES string of the molecule is O=C(Cc1ccc(Cl)cc1)N1CC2CN(CCCc3ccccc3)C2C1. The Bertz CT molecular complexity index is 746. The van der Waals surface area contributed by atoms with E-state index in [-0.39, 0.29) is 5.91 Å². The van der Waals surface area contributed by atoms with E-state index in [1.165, 1.54) is 12.0 Å². The molecule has 136 valence electrons. The van der Waals surface area contributed by atoms with E-state index in [0.717, 1.165) is 38.2 Å². The Morgan fingerprint density at radius 3 is 2.50 bits per heavy atom. The summed E-state index contributed by atoms with van der Waals surface area (Å²) < 4.78 is 0. The van der Waals surface area contributed by atoms with Crippen LogP contribution in [-0.2, 0) is 17.6 Å². The lowest BCUT2D eigenvalue weighted by Crippen LogP contribution is -2.55. The molecule has 26 heavy (non-hydrogen) atoms. The van der Waals surface area contributed by atoms with E-state index in [4.69, 9.17) is 11.6 Å². The van der Waals surface area contributed by atoms with Gasteiger partial charge >= 0.3 is 0 Å². The van der Waals surface area contributed by atoms with Crippen LogP contribution in [0.1, 0.15) is 17.5 Å². The van der Waals surface area contributed by atoms with Crippen LogP contribution >= 0.6 is 11.6 Å². The molecule has 2 fully saturated rings. The Labute approximate surface area is 160 Å². The molecule has 2 saturated heterocycles. The Balaban J connectivity index is 1.23. The molecule has 4 heteroatoms. The lowest BCUT2D eigenvalue weighted by atomic mass is 9.91. The van der Waals surface area contributed by atoms with Crippen molar-refractivity contribution in [3.63, 3.8) is 0 Å². The van der Waals surface area contributed by atoms with E-state index in [0.29, 0.717) is 23.4 Å². The van der Waals surface area contributed by atoms with Crippen LogP contribution in [-0.4, -0.2) is 47.9 Å². The number of benzene rings is 2. The van der Waals surface area contributed by atoms with Gasteiger partial charge in [0.2, 0.25) is 5.91 Å². The van der Waals surface area contributed by atoms with Crippen LogP contribution in [0.3, 0.4) is 0 Å². The molecule has 0 radical (unpaired) electrons. The molecule has 2 aliphatic heterocycles. The quantitative estimate of drug-likeness (QED) is 0.776. The average molecular weight is 369 g/mol. The molecule has 2 aromatic rings. The van der Waals surface area contributed by atoms with Gasteiger partial charge in [-0.3, -0.25) is 9.69 Å². The molecule has 2 atom stereocenters. The van der Waals surface area contributed by atoms with Gasteiger partial charge in [-0.1, -0.05) is 54.1 Å². The minimum atomic E-state index is 0.242. The topological polar surface area (TPSA) is 23.6 Å². The van der Waals surface area contributed by atoms with Crippen LogP contribution in [0.5, 0.6) is 0 Å². The van der Waals surface area contributed by atoms with Gasteiger partial charge in [-0.25, -0.2) is 0 Å². The molecule has 4 rings (SSSR count). The summed E-state index contributed by atoms with van der Waals surface area (Å²) in [6, 6.07) is 18.8. The van der Waals surface area contributed by atoms with Gasteiger partial charge in [0.1, 0.15) is 0 Å². The fraction of sp³-hybridized carbons (Fsp3) is 0.409. The number of rotatable bonds is 6. The van der Waals surface area contributed by atoms with Crippen molar-refractivity contribution in [2.45, 2.75) is 25.3 Å². The number of amides is 1. The van der Waals surface area contributed by atoms with Crippen molar-refractivity contribution in [1.29, 1.82) is 0 Å². The van der Waals surface area contributed by atoms with E-state index in [1.54, 1.807) is 0 Å². The lowest BCUT2D eigenvalue weighted by Gasteiger charge is -2.43. The van der Waals surface area contributed by atoms with E-state index >= 15 is 0 Å². The number of likely N-dealkylation sites (tertiary alicyclic amines) is 2. The number of carbonyl (C=O) groups is 1. The van der Waals surface area contributed by atoms with Crippen LogP contribution in [0.2, 0.25) is 5.02 Å². The molecule has 2 aromatic carbocycles. The minimum Gasteiger partial charge on any atom is -0.340 e. The molecular weight excluding hydrogens is 344 g/mol. The third-order valence-electron chi connectivity index (χ3n) is 5.72. The van der Waals surface area contributed by atoms with Gasteiger partial charge in [0, 0.05) is 36.6 Å². The van der Waals surface area contributed by atoms with Crippen LogP contribution in [0, 0.1) is 5.92 Å². The van der Waals surface area contributed by atoms with Gasteiger partial charge < -0.3 is 4.90 Å². The Morgan fingerprint density at radius 1 is 0.962 bits per heavy atom. The summed E-state index contributed by atoms with van der Waals surface area (Å²) in [6.45, 7) is 4.09. The highest BCUT2D eigenvalue weighted by molar-refractivity contribution is 6.30. The smallest absolute Gasteiger partial charge is 0.227 e. The molecule has 2 aliphatic rings. The van der Waals surface area contributed by atoms with Gasteiger partial charge in [0.15, 0.2) is 0 Å². The highest BCUT2D eigenvalue weighted by Gasteiger charge is 2.46. The number of aryl methyl sites for hydroxylation is 1. The second-order valence-corrected chi connectivity index (χ2v) is 7.95. The molecule has 2 unspecified atom stereocenters. The first kappa shape index (κ1) is 17.6. The highest BCUT2D eigenvalue weighted by Crippen LogP contribution is 2.32. The first-order valence-corrected chi connectivity index (χ1v) is 9.87.